The number of carbonyl (C=O) groups excluding carboxylic acids is 6. The van der Waals surface area contributed by atoms with Gasteiger partial charge in [0.15, 0.2) is 0 Å². The molecule has 0 fully saturated rings. The summed E-state index contributed by atoms with van der Waals surface area (Å²) in [6, 6.07) is 14.6. The van der Waals surface area contributed by atoms with Crippen LogP contribution in [0.25, 0.3) is 0 Å². The van der Waals surface area contributed by atoms with Gasteiger partial charge in [0.25, 0.3) is 0 Å². The van der Waals surface area contributed by atoms with Crippen LogP contribution in [0.5, 0.6) is 0 Å². The Morgan fingerprint density at radius 1 is 0.796 bits per heavy atom. The number of hydrogen-bond donors (Lipinski definition) is 4. The van der Waals surface area contributed by atoms with E-state index in [0.717, 1.165) is 11.1 Å². The van der Waals surface area contributed by atoms with Gasteiger partial charge in [0, 0.05) is 6.42 Å². The van der Waals surface area contributed by atoms with E-state index in [9.17, 15) is 28.8 Å². The minimum absolute atomic E-state index is 0.0479. The van der Waals surface area contributed by atoms with E-state index in [4.69, 9.17) is 18.9 Å². The van der Waals surface area contributed by atoms with E-state index < -0.39 is 66.0 Å². The van der Waals surface area contributed by atoms with E-state index in [1.165, 1.54) is 13.0 Å². The fourth-order valence-corrected chi connectivity index (χ4v) is 4.00. The molecule has 0 aliphatic rings. The quantitative estimate of drug-likeness (QED) is 0.0974. The van der Waals surface area contributed by atoms with Crippen LogP contribution in [0, 0.1) is 0 Å². The van der Waals surface area contributed by atoms with Gasteiger partial charge < -0.3 is 40.2 Å². The molecular weight excluding hydrogens is 636 g/mol. The maximum absolute atomic E-state index is 13.2. The molecule has 0 aliphatic carbocycles. The lowest BCUT2D eigenvalue weighted by Crippen LogP contribution is -2.56. The molecule has 14 nitrogen and oxygen atoms in total. The number of ether oxygens (including phenoxy) is 4. The molecule has 4 N–H and O–H groups in total. The van der Waals surface area contributed by atoms with Crippen LogP contribution in [-0.2, 0) is 56.1 Å². The first kappa shape index (κ1) is 39.9. The lowest BCUT2D eigenvalue weighted by Gasteiger charge is -2.23. The molecule has 2 aromatic carbocycles. The third-order valence-corrected chi connectivity index (χ3v) is 6.42. The Hall–Kier alpha value is -5.24. The summed E-state index contributed by atoms with van der Waals surface area (Å²) < 4.78 is 21.2. The number of nitrogens with one attached hydrogen (secondary N) is 4. The SMILES string of the molecule is C=CCOC(=O)[C@H](CCC(=O)OCc1ccccc1)NC(=O)CNC(=O)[C@H](COCc1ccccc1)NC(=O)[C@H](C)NC(=O)OC(C)(C)C. The smallest absolute Gasteiger partial charge is 0.408 e. The normalized spacial score (nSPS) is 12.7. The summed E-state index contributed by atoms with van der Waals surface area (Å²) >= 11 is 0. The van der Waals surface area contributed by atoms with Crippen molar-refractivity contribution in [3.63, 3.8) is 0 Å². The van der Waals surface area contributed by atoms with Gasteiger partial charge in [0.2, 0.25) is 17.7 Å². The highest BCUT2D eigenvalue weighted by atomic mass is 16.6. The molecule has 0 unspecified atom stereocenters. The predicted molar refractivity (Wildman–Crippen MR) is 178 cm³/mol. The van der Waals surface area contributed by atoms with Gasteiger partial charge in [-0.1, -0.05) is 73.3 Å². The number of hydrogen-bond acceptors (Lipinski definition) is 10. The van der Waals surface area contributed by atoms with Gasteiger partial charge in [-0.15, -0.1) is 0 Å². The second-order valence-corrected chi connectivity index (χ2v) is 11.9. The lowest BCUT2D eigenvalue weighted by molar-refractivity contribution is -0.148. The van der Waals surface area contributed by atoms with E-state index >= 15 is 0 Å². The van der Waals surface area contributed by atoms with Crippen molar-refractivity contribution in [2.75, 3.05) is 19.8 Å². The third-order valence-electron chi connectivity index (χ3n) is 6.42. The van der Waals surface area contributed by atoms with Crippen molar-refractivity contribution in [3.05, 3.63) is 84.4 Å². The monoisotopic (exact) mass is 682 g/mol. The predicted octanol–water partition coefficient (Wildman–Crippen LogP) is 2.46. The van der Waals surface area contributed by atoms with Crippen LogP contribution in [0.4, 0.5) is 4.79 Å². The summed E-state index contributed by atoms with van der Waals surface area (Å²) in [4.78, 5) is 76.0. The molecule has 0 saturated heterocycles. The zero-order chi connectivity index (χ0) is 36.2. The van der Waals surface area contributed by atoms with Crippen LogP contribution < -0.4 is 21.3 Å². The minimum atomic E-state index is -1.26. The van der Waals surface area contributed by atoms with Crippen molar-refractivity contribution in [3.8, 4) is 0 Å². The van der Waals surface area contributed by atoms with E-state index in [2.05, 4.69) is 27.8 Å². The van der Waals surface area contributed by atoms with Crippen molar-refractivity contribution < 1.29 is 47.7 Å². The number of benzene rings is 2. The van der Waals surface area contributed by atoms with Crippen LogP contribution in [0.1, 0.15) is 51.7 Å². The van der Waals surface area contributed by atoms with Gasteiger partial charge in [0.1, 0.15) is 36.9 Å². The van der Waals surface area contributed by atoms with E-state index in [1.54, 1.807) is 32.9 Å². The maximum atomic E-state index is 13.2. The minimum Gasteiger partial charge on any atom is -0.461 e. The summed E-state index contributed by atoms with van der Waals surface area (Å²) in [6.07, 6.45) is 0.204. The molecule has 2 aromatic rings. The Morgan fingerprint density at radius 3 is 2.00 bits per heavy atom. The summed E-state index contributed by atoms with van der Waals surface area (Å²) in [5.74, 6) is -3.63. The first-order valence-corrected chi connectivity index (χ1v) is 15.7. The van der Waals surface area contributed by atoms with E-state index in [1.807, 2.05) is 48.5 Å². The van der Waals surface area contributed by atoms with Crippen molar-refractivity contribution in [2.24, 2.45) is 0 Å². The number of alkyl carbamates (subject to hydrolysis) is 1. The Bertz CT molecular complexity index is 1400. The number of esters is 2. The number of rotatable bonds is 19. The van der Waals surface area contributed by atoms with E-state index in [-0.39, 0.29) is 39.3 Å². The van der Waals surface area contributed by atoms with Crippen molar-refractivity contribution in [1.82, 2.24) is 21.3 Å². The van der Waals surface area contributed by atoms with Crippen LogP contribution in [0.2, 0.25) is 0 Å². The summed E-state index contributed by atoms with van der Waals surface area (Å²) in [7, 11) is 0. The average molecular weight is 683 g/mol. The zero-order valence-electron chi connectivity index (χ0n) is 28.3. The molecule has 0 saturated carbocycles. The molecule has 0 heterocycles. The van der Waals surface area contributed by atoms with Gasteiger partial charge in [-0.2, -0.15) is 0 Å². The fraction of sp³-hybridized carbons (Fsp3) is 0.429. The highest BCUT2D eigenvalue weighted by Crippen LogP contribution is 2.08. The molecule has 0 spiro atoms. The molecule has 49 heavy (non-hydrogen) atoms. The molecule has 3 atom stereocenters. The number of amides is 4. The highest BCUT2D eigenvalue weighted by molar-refractivity contribution is 5.93. The van der Waals surface area contributed by atoms with Crippen molar-refractivity contribution >= 4 is 35.8 Å². The van der Waals surface area contributed by atoms with Crippen molar-refractivity contribution in [1.29, 1.82) is 0 Å². The molecule has 0 aromatic heterocycles. The second kappa shape index (κ2) is 20.9. The maximum Gasteiger partial charge on any atom is 0.408 e. The first-order valence-electron chi connectivity index (χ1n) is 15.7. The molecule has 2 rings (SSSR count). The number of carbonyl (C=O) groups is 6. The van der Waals surface area contributed by atoms with Gasteiger partial charge in [-0.3, -0.25) is 19.2 Å². The molecule has 266 valence electrons. The molecule has 0 bridgehead atoms. The topological polar surface area (TPSA) is 187 Å². The standard InChI is InChI=1S/C35H46N4O10/c1-6-19-47-33(44)27(17-18-30(41)48-22-26-15-11-8-12-16-26)38-29(40)20-36-32(43)28(23-46-21-25-13-9-7-10-14-25)39-31(42)24(2)37-34(45)49-35(3,4)5/h6-16,24,27-28H,1,17-23H2,2-5H3,(H,36,43)(H,37,45)(H,38,40)(H,39,42)/t24-,27-,28-/m0/s1. The van der Waals surface area contributed by atoms with Crippen LogP contribution in [0.15, 0.2) is 73.3 Å². The average Bonchev–Trinajstić information content (AvgIpc) is 3.06. The molecule has 4 amide bonds. The van der Waals surface area contributed by atoms with Gasteiger partial charge in [-0.25, -0.2) is 9.59 Å². The highest BCUT2D eigenvalue weighted by Gasteiger charge is 2.28. The second-order valence-electron chi connectivity index (χ2n) is 11.9. The largest absolute Gasteiger partial charge is 0.461 e. The molecule has 0 aliphatic heterocycles. The first-order chi connectivity index (χ1) is 23.3. The van der Waals surface area contributed by atoms with Crippen LogP contribution >= 0.6 is 0 Å². The lowest BCUT2D eigenvalue weighted by atomic mass is 10.1. The molecule has 0 radical (unpaired) electrons. The third kappa shape index (κ3) is 16.9. The van der Waals surface area contributed by atoms with Gasteiger partial charge in [0.05, 0.1) is 19.8 Å². The van der Waals surface area contributed by atoms with Crippen molar-refractivity contribution in [2.45, 2.75) is 77.5 Å². The van der Waals surface area contributed by atoms with Crippen LogP contribution in [0.3, 0.4) is 0 Å². The summed E-state index contributed by atoms with van der Waals surface area (Å²) in [5.41, 5.74) is 0.822. The Labute approximate surface area is 286 Å². The van der Waals surface area contributed by atoms with Crippen LogP contribution in [-0.4, -0.2) is 79.2 Å². The Kier molecular flexibility index (Phi) is 17.0. The Morgan fingerprint density at radius 2 is 1.41 bits per heavy atom. The van der Waals surface area contributed by atoms with Gasteiger partial charge >= 0.3 is 18.0 Å². The fourth-order valence-electron chi connectivity index (χ4n) is 4.00. The summed E-state index contributed by atoms with van der Waals surface area (Å²) in [6.45, 7) is 9.13. The zero-order valence-corrected chi connectivity index (χ0v) is 28.3. The molecule has 14 heteroatoms. The Balaban J connectivity index is 2.00. The van der Waals surface area contributed by atoms with E-state index in [0.29, 0.717) is 0 Å². The summed E-state index contributed by atoms with van der Waals surface area (Å²) in [5, 5.41) is 9.81. The molecular formula is C35H46N4O10. The van der Waals surface area contributed by atoms with Gasteiger partial charge in [-0.05, 0) is 45.2 Å².